The number of rotatable bonds is 3. The lowest BCUT2D eigenvalue weighted by Crippen LogP contribution is -2.06. The first-order valence-electron chi connectivity index (χ1n) is 5.34. The Hall–Kier alpha value is -0.890. The lowest BCUT2D eigenvalue weighted by atomic mass is 9.94. The van der Waals surface area contributed by atoms with Gasteiger partial charge >= 0.3 is 0 Å². The Morgan fingerprint density at radius 3 is 1.87 bits per heavy atom. The standard InChI is InChI=1S/C12H20N2.ClH/c1-4-8-7-11(13)9(5-2)10(6-3)12(8)14;/h7H,4-6,13-14H2,1-3H3;1H. The maximum Gasteiger partial charge on any atom is 0.0383 e. The van der Waals surface area contributed by atoms with E-state index in [0.29, 0.717) is 0 Å². The van der Waals surface area contributed by atoms with Crippen molar-refractivity contribution < 1.29 is 0 Å². The summed E-state index contributed by atoms with van der Waals surface area (Å²) in [5.74, 6) is 0. The monoisotopic (exact) mass is 228 g/mol. The molecule has 0 radical (unpaired) electrons. The highest BCUT2D eigenvalue weighted by atomic mass is 35.5. The molecule has 0 amide bonds. The molecule has 1 aromatic carbocycles. The van der Waals surface area contributed by atoms with Crippen molar-refractivity contribution in [3.05, 3.63) is 22.8 Å². The third-order valence-corrected chi connectivity index (χ3v) is 2.80. The van der Waals surface area contributed by atoms with Gasteiger partial charge in [-0.05, 0) is 42.0 Å². The number of hydrogen-bond acceptors (Lipinski definition) is 2. The summed E-state index contributed by atoms with van der Waals surface area (Å²) >= 11 is 0. The SMILES string of the molecule is CCc1cc(N)c(CC)c(CC)c1N.Cl. The Bertz CT molecular complexity index is 335. The molecule has 0 unspecified atom stereocenters. The van der Waals surface area contributed by atoms with Crippen LogP contribution in [0.4, 0.5) is 11.4 Å². The minimum Gasteiger partial charge on any atom is -0.398 e. The second-order valence-electron chi connectivity index (χ2n) is 3.56. The Labute approximate surface area is 98.5 Å². The number of nitrogens with two attached hydrogens (primary N) is 2. The van der Waals surface area contributed by atoms with Crippen LogP contribution in [0.3, 0.4) is 0 Å². The lowest BCUT2D eigenvalue weighted by molar-refractivity contribution is 1.03. The second kappa shape index (κ2) is 5.86. The quantitative estimate of drug-likeness (QED) is 0.782. The van der Waals surface area contributed by atoms with E-state index in [1.54, 1.807) is 0 Å². The molecule has 0 bridgehead atoms. The minimum absolute atomic E-state index is 0. The molecule has 0 fully saturated rings. The molecule has 0 aliphatic carbocycles. The van der Waals surface area contributed by atoms with Crippen LogP contribution in [0.5, 0.6) is 0 Å². The van der Waals surface area contributed by atoms with Crippen LogP contribution in [-0.2, 0) is 19.3 Å². The van der Waals surface area contributed by atoms with Gasteiger partial charge in [-0.15, -0.1) is 12.4 Å². The van der Waals surface area contributed by atoms with Gasteiger partial charge in [0, 0.05) is 11.4 Å². The van der Waals surface area contributed by atoms with Gasteiger partial charge in [0.05, 0.1) is 0 Å². The molecule has 0 aromatic heterocycles. The summed E-state index contributed by atoms with van der Waals surface area (Å²) in [6.45, 7) is 6.36. The highest BCUT2D eigenvalue weighted by Gasteiger charge is 2.10. The fraction of sp³-hybridized carbons (Fsp3) is 0.500. The molecule has 0 aliphatic rings. The van der Waals surface area contributed by atoms with E-state index in [-0.39, 0.29) is 12.4 Å². The van der Waals surface area contributed by atoms with Crippen molar-refractivity contribution in [2.24, 2.45) is 0 Å². The summed E-state index contributed by atoms with van der Waals surface area (Å²) in [5, 5.41) is 0. The van der Waals surface area contributed by atoms with Gasteiger partial charge in [0.2, 0.25) is 0 Å². The van der Waals surface area contributed by atoms with Gasteiger partial charge in [-0.2, -0.15) is 0 Å². The zero-order chi connectivity index (χ0) is 10.7. The van der Waals surface area contributed by atoms with Crippen LogP contribution in [0.1, 0.15) is 37.5 Å². The van der Waals surface area contributed by atoms with Crippen molar-refractivity contribution in [1.29, 1.82) is 0 Å². The van der Waals surface area contributed by atoms with Crippen LogP contribution in [0.25, 0.3) is 0 Å². The van der Waals surface area contributed by atoms with Crippen molar-refractivity contribution in [2.75, 3.05) is 11.5 Å². The van der Waals surface area contributed by atoms with E-state index in [1.165, 1.54) is 16.7 Å². The van der Waals surface area contributed by atoms with Gasteiger partial charge in [-0.25, -0.2) is 0 Å². The smallest absolute Gasteiger partial charge is 0.0383 e. The maximum atomic E-state index is 6.09. The molecular formula is C12H21ClN2. The molecule has 0 atom stereocenters. The zero-order valence-corrected chi connectivity index (χ0v) is 10.6. The summed E-state index contributed by atoms with van der Waals surface area (Å²) in [4.78, 5) is 0. The lowest BCUT2D eigenvalue weighted by Gasteiger charge is -2.15. The Morgan fingerprint density at radius 1 is 0.933 bits per heavy atom. The van der Waals surface area contributed by atoms with Crippen molar-refractivity contribution >= 4 is 23.8 Å². The van der Waals surface area contributed by atoms with Gasteiger partial charge in [0.15, 0.2) is 0 Å². The van der Waals surface area contributed by atoms with E-state index in [1.807, 2.05) is 6.07 Å². The average molecular weight is 229 g/mol. The third kappa shape index (κ3) is 2.57. The first-order valence-corrected chi connectivity index (χ1v) is 5.34. The molecule has 0 saturated heterocycles. The van der Waals surface area contributed by atoms with Gasteiger partial charge in [0.1, 0.15) is 0 Å². The van der Waals surface area contributed by atoms with Crippen LogP contribution < -0.4 is 11.5 Å². The van der Waals surface area contributed by atoms with E-state index in [4.69, 9.17) is 11.5 Å². The normalized spacial score (nSPS) is 9.80. The highest BCUT2D eigenvalue weighted by Crippen LogP contribution is 2.28. The third-order valence-electron chi connectivity index (χ3n) is 2.80. The number of nitrogen functional groups attached to an aromatic ring is 2. The molecule has 4 N–H and O–H groups in total. The van der Waals surface area contributed by atoms with Gasteiger partial charge in [0.25, 0.3) is 0 Å². The summed E-state index contributed by atoms with van der Waals surface area (Å²) < 4.78 is 0. The van der Waals surface area contributed by atoms with E-state index in [2.05, 4.69) is 20.8 Å². The van der Waals surface area contributed by atoms with Crippen LogP contribution in [0, 0.1) is 0 Å². The molecule has 0 aliphatic heterocycles. The summed E-state index contributed by atoms with van der Waals surface area (Å²) in [6, 6.07) is 2.02. The predicted molar refractivity (Wildman–Crippen MR) is 70.6 cm³/mol. The Balaban J connectivity index is 0.00000196. The maximum absolute atomic E-state index is 6.09. The highest BCUT2D eigenvalue weighted by molar-refractivity contribution is 5.85. The fourth-order valence-electron chi connectivity index (χ4n) is 2.00. The van der Waals surface area contributed by atoms with Crippen LogP contribution in [-0.4, -0.2) is 0 Å². The average Bonchev–Trinajstić information content (AvgIpc) is 2.20. The van der Waals surface area contributed by atoms with Gasteiger partial charge in [-0.3, -0.25) is 0 Å². The largest absolute Gasteiger partial charge is 0.398 e. The zero-order valence-electron chi connectivity index (χ0n) is 9.76. The molecule has 2 nitrogen and oxygen atoms in total. The molecule has 15 heavy (non-hydrogen) atoms. The molecule has 3 heteroatoms. The predicted octanol–water partition coefficient (Wildman–Crippen LogP) is 2.96. The first-order chi connectivity index (χ1) is 6.65. The van der Waals surface area contributed by atoms with E-state index in [9.17, 15) is 0 Å². The number of halogens is 1. The topological polar surface area (TPSA) is 52.0 Å². The van der Waals surface area contributed by atoms with Crippen LogP contribution in [0.2, 0.25) is 0 Å². The van der Waals surface area contributed by atoms with Crippen molar-refractivity contribution in [2.45, 2.75) is 40.0 Å². The number of anilines is 2. The molecular weight excluding hydrogens is 208 g/mol. The number of aryl methyl sites for hydroxylation is 1. The second-order valence-corrected chi connectivity index (χ2v) is 3.56. The summed E-state index contributed by atoms with van der Waals surface area (Å²) in [5.41, 5.74) is 17.6. The Morgan fingerprint density at radius 2 is 1.47 bits per heavy atom. The Kier molecular flexibility index (Phi) is 5.51. The van der Waals surface area contributed by atoms with Gasteiger partial charge in [-0.1, -0.05) is 20.8 Å². The number of hydrogen-bond donors (Lipinski definition) is 2. The van der Waals surface area contributed by atoms with Crippen LogP contribution in [0.15, 0.2) is 6.07 Å². The van der Waals surface area contributed by atoms with Crippen molar-refractivity contribution in [3.63, 3.8) is 0 Å². The molecule has 86 valence electrons. The summed E-state index contributed by atoms with van der Waals surface area (Å²) in [6.07, 6.45) is 2.88. The fourth-order valence-corrected chi connectivity index (χ4v) is 2.00. The van der Waals surface area contributed by atoms with Gasteiger partial charge < -0.3 is 11.5 Å². The van der Waals surface area contributed by atoms with E-state index in [0.717, 1.165) is 30.6 Å². The van der Waals surface area contributed by atoms with Crippen molar-refractivity contribution in [3.8, 4) is 0 Å². The molecule has 0 spiro atoms. The molecule has 0 saturated carbocycles. The first kappa shape index (κ1) is 14.1. The molecule has 1 rings (SSSR count). The molecule has 0 heterocycles. The summed E-state index contributed by atoms with van der Waals surface area (Å²) in [7, 11) is 0. The van der Waals surface area contributed by atoms with E-state index >= 15 is 0 Å². The van der Waals surface area contributed by atoms with Crippen molar-refractivity contribution in [1.82, 2.24) is 0 Å². The van der Waals surface area contributed by atoms with Crippen LogP contribution >= 0.6 is 12.4 Å². The number of benzene rings is 1. The molecule has 1 aromatic rings. The van der Waals surface area contributed by atoms with E-state index < -0.39 is 0 Å². The minimum atomic E-state index is 0.